The monoisotopic (exact) mass is 272 g/mol. The predicted octanol–water partition coefficient (Wildman–Crippen LogP) is 3.35. The van der Waals surface area contributed by atoms with Gasteiger partial charge in [0.25, 0.3) is 5.17 Å². The molecule has 0 unspecified atom stereocenters. The Balaban J connectivity index is 1.74. The third-order valence-corrected chi connectivity index (χ3v) is 2.89. The molecule has 98 valence electrons. The molecular weight excluding hydrogens is 256 g/mol. The highest BCUT2D eigenvalue weighted by Gasteiger charge is 1.99. The number of nitrogens with zero attached hydrogens (tertiary/aromatic N) is 1. The maximum Gasteiger partial charge on any atom is 0.261 e. The van der Waals surface area contributed by atoms with Crippen molar-refractivity contribution in [2.45, 2.75) is 13.3 Å². The lowest BCUT2D eigenvalue weighted by Crippen LogP contribution is -2.14. The largest absolute Gasteiger partial charge is 0.470 e. The van der Waals surface area contributed by atoms with E-state index < -0.39 is 0 Å². The van der Waals surface area contributed by atoms with Crippen molar-refractivity contribution in [2.75, 3.05) is 11.9 Å². The van der Waals surface area contributed by atoms with Gasteiger partial charge in [0.2, 0.25) is 0 Å². The molecule has 0 radical (unpaired) electrons. The van der Waals surface area contributed by atoms with Crippen LogP contribution < -0.4 is 5.32 Å². The van der Waals surface area contributed by atoms with E-state index in [1.807, 2.05) is 43.3 Å². The van der Waals surface area contributed by atoms with E-state index in [1.54, 1.807) is 12.4 Å². The summed E-state index contributed by atoms with van der Waals surface area (Å²) >= 11 is 5.14. The molecule has 3 nitrogen and oxygen atoms in total. The zero-order chi connectivity index (χ0) is 13.5. The molecule has 0 amide bonds. The molecule has 1 aromatic carbocycles. The van der Waals surface area contributed by atoms with Gasteiger partial charge in [-0.1, -0.05) is 17.7 Å². The molecule has 0 bridgehead atoms. The van der Waals surface area contributed by atoms with Crippen LogP contribution in [0.5, 0.6) is 0 Å². The van der Waals surface area contributed by atoms with E-state index in [4.69, 9.17) is 17.0 Å². The van der Waals surface area contributed by atoms with Crippen LogP contribution in [0, 0.1) is 6.92 Å². The molecular formula is C15H16N2OS. The minimum absolute atomic E-state index is 0.401. The van der Waals surface area contributed by atoms with Crippen molar-refractivity contribution in [1.82, 2.24) is 4.98 Å². The zero-order valence-corrected chi connectivity index (χ0v) is 11.6. The van der Waals surface area contributed by atoms with Crippen LogP contribution in [0.1, 0.15) is 11.1 Å². The van der Waals surface area contributed by atoms with E-state index in [9.17, 15) is 0 Å². The summed E-state index contributed by atoms with van der Waals surface area (Å²) in [5.74, 6) is 0. The minimum Gasteiger partial charge on any atom is -0.470 e. The van der Waals surface area contributed by atoms with E-state index >= 15 is 0 Å². The van der Waals surface area contributed by atoms with Gasteiger partial charge in [0, 0.05) is 24.5 Å². The van der Waals surface area contributed by atoms with Crippen molar-refractivity contribution in [3.63, 3.8) is 0 Å². The summed E-state index contributed by atoms with van der Waals surface area (Å²) in [6.07, 6.45) is 4.37. The Hall–Kier alpha value is -1.94. The standard InChI is InChI=1S/C15H16N2OS/c1-12-2-4-14(5-3-12)17-15(19)18-11-8-13-6-9-16-10-7-13/h2-7,9-10H,8,11H2,1H3,(H,17,19). The van der Waals surface area contributed by atoms with Gasteiger partial charge in [0.15, 0.2) is 0 Å². The first kappa shape index (κ1) is 13.5. The average Bonchev–Trinajstić information content (AvgIpc) is 2.43. The van der Waals surface area contributed by atoms with Crippen LogP contribution in [-0.2, 0) is 11.2 Å². The molecule has 2 rings (SSSR count). The van der Waals surface area contributed by atoms with Gasteiger partial charge in [-0.2, -0.15) is 0 Å². The number of thiocarbonyl (C=S) groups is 1. The summed E-state index contributed by atoms with van der Waals surface area (Å²) in [4.78, 5) is 3.97. The molecule has 0 atom stereocenters. The summed E-state index contributed by atoms with van der Waals surface area (Å²) < 4.78 is 5.48. The fourth-order valence-electron chi connectivity index (χ4n) is 1.60. The molecule has 0 aliphatic carbocycles. The smallest absolute Gasteiger partial charge is 0.261 e. The number of ether oxygens (including phenoxy) is 1. The molecule has 0 aliphatic rings. The first-order chi connectivity index (χ1) is 9.24. The van der Waals surface area contributed by atoms with Gasteiger partial charge >= 0.3 is 0 Å². The lowest BCUT2D eigenvalue weighted by Gasteiger charge is -2.10. The van der Waals surface area contributed by atoms with Gasteiger partial charge in [-0.15, -0.1) is 0 Å². The Bertz CT molecular complexity index is 526. The molecule has 1 heterocycles. The second-order valence-electron chi connectivity index (χ2n) is 4.23. The zero-order valence-electron chi connectivity index (χ0n) is 10.8. The molecule has 0 aliphatic heterocycles. The highest BCUT2D eigenvalue weighted by atomic mass is 32.1. The number of anilines is 1. The Kier molecular flexibility index (Phi) is 4.86. The van der Waals surface area contributed by atoms with E-state index in [0.29, 0.717) is 11.8 Å². The van der Waals surface area contributed by atoms with Crippen molar-refractivity contribution in [1.29, 1.82) is 0 Å². The van der Waals surface area contributed by atoms with Crippen LogP contribution in [0.2, 0.25) is 0 Å². The first-order valence-electron chi connectivity index (χ1n) is 6.13. The predicted molar refractivity (Wildman–Crippen MR) is 81.3 cm³/mol. The first-order valence-corrected chi connectivity index (χ1v) is 6.54. The van der Waals surface area contributed by atoms with Crippen molar-refractivity contribution in [2.24, 2.45) is 0 Å². The second kappa shape index (κ2) is 6.85. The molecule has 0 saturated carbocycles. The van der Waals surface area contributed by atoms with Gasteiger partial charge in [-0.3, -0.25) is 4.98 Å². The lowest BCUT2D eigenvalue weighted by molar-refractivity contribution is 0.316. The van der Waals surface area contributed by atoms with Crippen molar-refractivity contribution in [3.05, 3.63) is 59.9 Å². The lowest BCUT2D eigenvalue weighted by atomic mass is 10.2. The van der Waals surface area contributed by atoms with Crippen LogP contribution >= 0.6 is 12.2 Å². The van der Waals surface area contributed by atoms with Crippen molar-refractivity contribution < 1.29 is 4.74 Å². The van der Waals surface area contributed by atoms with E-state index in [0.717, 1.165) is 12.1 Å². The average molecular weight is 272 g/mol. The van der Waals surface area contributed by atoms with Crippen LogP contribution in [-0.4, -0.2) is 16.8 Å². The molecule has 0 saturated heterocycles. The number of hydrogen-bond donors (Lipinski definition) is 1. The SMILES string of the molecule is Cc1ccc(NC(=S)OCCc2ccncc2)cc1. The van der Waals surface area contributed by atoms with E-state index in [1.165, 1.54) is 11.1 Å². The van der Waals surface area contributed by atoms with Crippen molar-refractivity contribution in [3.8, 4) is 0 Å². The number of benzene rings is 1. The number of rotatable bonds is 4. The molecule has 4 heteroatoms. The molecule has 1 aromatic heterocycles. The Morgan fingerprint density at radius 2 is 1.84 bits per heavy atom. The Morgan fingerprint density at radius 1 is 1.16 bits per heavy atom. The molecule has 2 aromatic rings. The maximum atomic E-state index is 5.48. The van der Waals surface area contributed by atoms with Gasteiger partial charge in [0.05, 0.1) is 6.61 Å². The maximum absolute atomic E-state index is 5.48. The third kappa shape index (κ3) is 4.67. The quantitative estimate of drug-likeness (QED) is 0.866. The highest BCUT2D eigenvalue weighted by Crippen LogP contribution is 2.09. The van der Waals surface area contributed by atoms with Gasteiger partial charge in [-0.05, 0) is 49.0 Å². The molecule has 19 heavy (non-hydrogen) atoms. The van der Waals surface area contributed by atoms with Crippen LogP contribution in [0.3, 0.4) is 0 Å². The summed E-state index contributed by atoms with van der Waals surface area (Å²) in [6.45, 7) is 2.61. The number of hydrogen-bond acceptors (Lipinski definition) is 3. The molecule has 1 N–H and O–H groups in total. The Morgan fingerprint density at radius 3 is 2.53 bits per heavy atom. The summed E-state index contributed by atoms with van der Waals surface area (Å²) in [5, 5.41) is 3.45. The van der Waals surface area contributed by atoms with Gasteiger partial charge in [-0.25, -0.2) is 0 Å². The number of nitrogens with one attached hydrogen (secondary N) is 1. The fraction of sp³-hybridized carbons (Fsp3) is 0.200. The number of pyridine rings is 1. The summed E-state index contributed by atoms with van der Waals surface area (Å²) in [6, 6.07) is 12.0. The minimum atomic E-state index is 0.401. The molecule has 0 fully saturated rings. The van der Waals surface area contributed by atoms with Gasteiger partial charge in [0.1, 0.15) is 0 Å². The third-order valence-electron chi connectivity index (χ3n) is 2.67. The fourth-order valence-corrected chi connectivity index (χ4v) is 1.80. The number of aromatic nitrogens is 1. The molecule has 0 spiro atoms. The highest BCUT2D eigenvalue weighted by molar-refractivity contribution is 7.80. The second-order valence-corrected chi connectivity index (χ2v) is 4.60. The normalized spacial score (nSPS) is 9.95. The summed E-state index contributed by atoms with van der Waals surface area (Å²) in [7, 11) is 0. The number of aryl methyl sites for hydroxylation is 1. The van der Waals surface area contributed by atoms with Gasteiger partial charge < -0.3 is 10.1 Å². The Labute approximate surface area is 118 Å². The van der Waals surface area contributed by atoms with Crippen LogP contribution in [0.4, 0.5) is 5.69 Å². The van der Waals surface area contributed by atoms with E-state index in [-0.39, 0.29) is 0 Å². The van der Waals surface area contributed by atoms with Crippen LogP contribution in [0.15, 0.2) is 48.8 Å². The van der Waals surface area contributed by atoms with Crippen molar-refractivity contribution >= 4 is 23.1 Å². The van der Waals surface area contributed by atoms with E-state index in [2.05, 4.69) is 10.3 Å². The van der Waals surface area contributed by atoms with Crippen LogP contribution in [0.25, 0.3) is 0 Å². The summed E-state index contributed by atoms with van der Waals surface area (Å²) in [5.41, 5.74) is 3.35. The topological polar surface area (TPSA) is 34.1 Å².